The molecule has 1 saturated heterocycles. The number of aromatic nitrogens is 2. The van der Waals surface area contributed by atoms with E-state index in [1.165, 1.54) is 42.4 Å². The second kappa shape index (κ2) is 9.75. The quantitative estimate of drug-likeness (QED) is 0.498. The number of anilines is 1. The van der Waals surface area contributed by atoms with Gasteiger partial charge in [0.15, 0.2) is 4.34 Å². The van der Waals surface area contributed by atoms with Gasteiger partial charge in [-0.25, -0.2) is 4.79 Å². The van der Waals surface area contributed by atoms with Gasteiger partial charge in [0, 0.05) is 6.04 Å². The molecule has 0 spiro atoms. The minimum Gasteiger partial charge on any atom is -0.450 e. The molecule has 1 aromatic rings. The van der Waals surface area contributed by atoms with E-state index in [1.54, 1.807) is 6.92 Å². The molecule has 1 fully saturated rings. The lowest BCUT2D eigenvalue weighted by atomic mass is 10.0. The van der Waals surface area contributed by atoms with Gasteiger partial charge in [-0.1, -0.05) is 41.4 Å². The van der Waals surface area contributed by atoms with Crippen molar-refractivity contribution in [1.29, 1.82) is 0 Å². The highest BCUT2D eigenvalue weighted by atomic mass is 32.2. The first-order valence-electron chi connectivity index (χ1n) is 7.79. The molecule has 0 bridgehead atoms. The summed E-state index contributed by atoms with van der Waals surface area (Å²) in [5, 5.41) is 10.9. The summed E-state index contributed by atoms with van der Waals surface area (Å²) in [6.07, 6.45) is 3.38. The highest BCUT2D eigenvalue weighted by Crippen LogP contribution is 2.25. The van der Waals surface area contributed by atoms with Gasteiger partial charge in [-0.05, 0) is 33.2 Å². The first-order valence-corrected chi connectivity index (χ1v) is 9.59. The fourth-order valence-electron chi connectivity index (χ4n) is 2.27. The Hall–Kier alpha value is -1.30. The van der Waals surface area contributed by atoms with Gasteiger partial charge in [0.25, 0.3) is 0 Å². The maximum absolute atomic E-state index is 11.3. The Balaban J connectivity index is 1.69. The number of thioether (sulfide) groups is 1. The molecule has 126 valence electrons. The molecule has 2 rings (SSSR count). The molecule has 1 aliphatic heterocycles. The van der Waals surface area contributed by atoms with Crippen molar-refractivity contribution in [2.24, 2.45) is 0 Å². The van der Waals surface area contributed by atoms with Crippen LogP contribution < -0.4 is 5.32 Å². The number of hydrogen-bond donors (Lipinski definition) is 1. The maximum atomic E-state index is 11.3. The minimum atomic E-state index is -0.504. The summed E-state index contributed by atoms with van der Waals surface area (Å²) in [7, 11) is 0. The lowest BCUT2D eigenvalue weighted by molar-refractivity contribution is 0.168. The van der Waals surface area contributed by atoms with Crippen LogP contribution in [-0.4, -0.2) is 52.7 Å². The Labute approximate surface area is 145 Å². The lowest BCUT2D eigenvalue weighted by Gasteiger charge is -2.31. The minimum absolute atomic E-state index is 0.331. The van der Waals surface area contributed by atoms with Gasteiger partial charge < -0.3 is 4.74 Å². The second-order valence-corrected chi connectivity index (χ2v) is 7.38. The molecular weight excluding hydrogens is 332 g/mol. The van der Waals surface area contributed by atoms with Crippen LogP contribution in [0.2, 0.25) is 0 Å². The van der Waals surface area contributed by atoms with Crippen LogP contribution >= 0.6 is 23.1 Å². The van der Waals surface area contributed by atoms with Crippen molar-refractivity contribution >= 4 is 34.3 Å². The van der Waals surface area contributed by atoms with E-state index in [2.05, 4.69) is 39.2 Å². The Kier molecular flexibility index (Phi) is 7.65. The van der Waals surface area contributed by atoms with Crippen LogP contribution in [-0.2, 0) is 4.74 Å². The van der Waals surface area contributed by atoms with Gasteiger partial charge in [0.05, 0.1) is 18.9 Å². The summed E-state index contributed by atoms with van der Waals surface area (Å²) in [4.78, 5) is 13.7. The summed E-state index contributed by atoms with van der Waals surface area (Å²) in [6, 6.07) is 0.644. The largest absolute Gasteiger partial charge is 0.450 e. The van der Waals surface area contributed by atoms with Gasteiger partial charge in [0.2, 0.25) is 5.13 Å². The number of carbonyl (C=O) groups excluding carboxylic acids is 1. The molecule has 0 aliphatic carbocycles. The molecular formula is C15H22N4O2S2. The van der Waals surface area contributed by atoms with Crippen LogP contribution in [0.3, 0.4) is 0 Å². The first-order chi connectivity index (χ1) is 11.2. The van der Waals surface area contributed by atoms with E-state index in [0.717, 1.165) is 17.4 Å². The number of nitrogens with one attached hydrogen (secondary N) is 1. The van der Waals surface area contributed by atoms with Crippen LogP contribution in [0.15, 0.2) is 4.34 Å². The predicted octanol–water partition coefficient (Wildman–Crippen LogP) is 3.08. The molecule has 1 unspecified atom stereocenters. The number of likely N-dealkylation sites (tertiary alicyclic amines) is 1. The predicted molar refractivity (Wildman–Crippen MR) is 93.9 cm³/mol. The van der Waals surface area contributed by atoms with Crippen molar-refractivity contribution in [2.75, 3.05) is 30.8 Å². The molecule has 1 aliphatic rings. The van der Waals surface area contributed by atoms with E-state index < -0.39 is 6.09 Å². The third-order valence-corrected chi connectivity index (χ3v) is 5.36. The van der Waals surface area contributed by atoms with Crippen molar-refractivity contribution in [3.05, 3.63) is 0 Å². The molecule has 6 nitrogen and oxygen atoms in total. The highest BCUT2D eigenvalue weighted by Gasteiger charge is 2.16. The van der Waals surface area contributed by atoms with E-state index in [1.807, 2.05) is 0 Å². The normalized spacial score (nSPS) is 18.1. The lowest BCUT2D eigenvalue weighted by Crippen LogP contribution is -2.37. The van der Waals surface area contributed by atoms with Crippen LogP contribution in [0.4, 0.5) is 9.93 Å². The van der Waals surface area contributed by atoms with Crippen molar-refractivity contribution in [2.45, 2.75) is 43.5 Å². The molecule has 8 heteroatoms. The monoisotopic (exact) mass is 354 g/mol. The van der Waals surface area contributed by atoms with Crippen molar-refractivity contribution < 1.29 is 9.53 Å². The van der Waals surface area contributed by atoms with Gasteiger partial charge in [-0.2, -0.15) is 0 Å². The summed E-state index contributed by atoms with van der Waals surface area (Å²) >= 11 is 2.85. The number of nitrogens with zero attached hydrogens (tertiary/aromatic N) is 3. The Morgan fingerprint density at radius 2 is 2.35 bits per heavy atom. The van der Waals surface area contributed by atoms with Crippen LogP contribution in [0.25, 0.3) is 0 Å². The number of amides is 1. The average molecular weight is 355 g/mol. The molecule has 0 aromatic carbocycles. The molecule has 0 radical (unpaired) electrons. The van der Waals surface area contributed by atoms with E-state index >= 15 is 0 Å². The summed E-state index contributed by atoms with van der Waals surface area (Å²) < 4.78 is 5.58. The van der Waals surface area contributed by atoms with Gasteiger partial charge >= 0.3 is 6.09 Å². The fourth-order valence-corrected chi connectivity index (χ4v) is 3.78. The standard InChI is InChI=1S/C15H22N4O2S2/c1-3-21-14(20)16-13-17-18-15(23-13)22-11-7-6-10-19-9-5-4-8-12(19)2/h12H,3-5,8-11H2,1-2H3,(H,16,17,20). The fraction of sp³-hybridized carbons (Fsp3) is 0.667. The number of piperidine rings is 1. The third kappa shape index (κ3) is 6.37. The molecule has 1 amide bonds. The molecule has 2 heterocycles. The average Bonchev–Trinajstić information content (AvgIpc) is 2.96. The van der Waals surface area contributed by atoms with Crippen molar-refractivity contribution in [3.8, 4) is 11.8 Å². The molecule has 1 N–H and O–H groups in total. The van der Waals surface area contributed by atoms with Crippen molar-refractivity contribution in [1.82, 2.24) is 15.1 Å². The van der Waals surface area contributed by atoms with Gasteiger partial charge in [-0.3, -0.25) is 10.2 Å². The molecule has 1 aromatic heterocycles. The van der Waals surface area contributed by atoms with E-state index in [9.17, 15) is 4.79 Å². The molecule has 1 atom stereocenters. The van der Waals surface area contributed by atoms with Gasteiger partial charge in [-0.15, -0.1) is 10.2 Å². The Bertz CT molecular complexity index is 567. The first kappa shape index (κ1) is 18.0. The number of ether oxygens (including phenoxy) is 1. The topological polar surface area (TPSA) is 67.3 Å². The number of hydrogen-bond acceptors (Lipinski definition) is 7. The zero-order valence-corrected chi connectivity index (χ0v) is 15.1. The molecule has 0 saturated carbocycles. The van der Waals surface area contributed by atoms with Crippen LogP contribution in [0.5, 0.6) is 0 Å². The maximum Gasteiger partial charge on any atom is 0.413 e. The Morgan fingerprint density at radius 3 is 3.13 bits per heavy atom. The third-order valence-electron chi connectivity index (χ3n) is 3.51. The van der Waals surface area contributed by atoms with E-state index in [0.29, 0.717) is 23.5 Å². The smallest absolute Gasteiger partial charge is 0.413 e. The number of rotatable bonds is 5. The zero-order valence-electron chi connectivity index (χ0n) is 13.5. The SMILES string of the molecule is CCOC(=O)Nc1nnc(SCC#CCN2CCCCC2C)s1. The van der Waals surface area contributed by atoms with Gasteiger partial charge in [0.1, 0.15) is 0 Å². The second-order valence-electron chi connectivity index (χ2n) is 5.18. The summed E-state index contributed by atoms with van der Waals surface area (Å²) in [5.41, 5.74) is 0. The number of carbonyl (C=O) groups is 1. The Morgan fingerprint density at radius 1 is 1.48 bits per heavy atom. The van der Waals surface area contributed by atoms with Crippen LogP contribution in [0, 0.1) is 11.8 Å². The van der Waals surface area contributed by atoms with Crippen molar-refractivity contribution in [3.63, 3.8) is 0 Å². The highest BCUT2D eigenvalue weighted by molar-refractivity contribution is 8.01. The zero-order chi connectivity index (χ0) is 16.5. The molecule has 23 heavy (non-hydrogen) atoms. The summed E-state index contributed by atoms with van der Waals surface area (Å²) in [5.74, 6) is 7.08. The van der Waals surface area contributed by atoms with E-state index in [4.69, 9.17) is 4.74 Å². The summed E-state index contributed by atoms with van der Waals surface area (Å²) in [6.45, 7) is 6.35. The van der Waals surface area contributed by atoms with Crippen LogP contribution in [0.1, 0.15) is 33.1 Å². The van der Waals surface area contributed by atoms with E-state index in [-0.39, 0.29) is 0 Å².